The van der Waals surface area contributed by atoms with Gasteiger partial charge in [0.25, 0.3) is 0 Å². The van der Waals surface area contributed by atoms with E-state index in [1.54, 1.807) is 0 Å². The highest BCUT2D eigenvalue weighted by Gasteiger charge is 2.35. The number of fused-ring (bicyclic) bond motifs is 1. The summed E-state index contributed by atoms with van der Waals surface area (Å²) in [4.78, 5) is 17.4. The van der Waals surface area contributed by atoms with Gasteiger partial charge in [-0.3, -0.25) is 9.69 Å². The molecule has 3 fully saturated rings. The van der Waals surface area contributed by atoms with Crippen LogP contribution in [0.15, 0.2) is 0 Å². The summed E-state index contributed by atoms with van der Waals surface area (Å²) in [7, 11) is 0. The highest BCUT2D eigenvalue weighted by atomic mass is 16.2. The van der Waals surface area contributed by atoms with Gasteiger partial charge in [-0.1, -0.05) is 25.7 Å². The largest absolute Gasteiger partial charge is 0.338 e. The SMILES string of the molecule is O=C(CN1CCCCCC1)N1CCCC2CCCCC21. The average molecular weight is 278 g/mol. The third-order valence-electron chi connectivity index (χ3n) is 5.62. The maximum absolute atomic E-state index is 12.7. The smallest absolute Gasteiger partial charge is 0.237 e. The highest BCUT2D eigenvalue weighted by molar-refractivity contribution is 5.78. The number of likely N-dealkylation sites (tertiary alicyclic amines) is 2. The number of carbonyl (C=O) groups is 1. The Morgan fingerprint density at radius 3 is 2.30 bits per heavy atom. The lowest BCUT2D eigenvalue weighted by molar-refractivity contribution is -0.138. The van der Waals surface area contributed by atoms with Crippen LogP contribution in [0.1, 0.15) is 64.2 Å². The van der Waals surface area contributed by atoms with Crippen molar-refractivity contribution in [2.75, 3.05) is 26.2 Å². The summed E-state index contributed by atoms with van der Waals surface area (Å²) in [6, 6.07) is 0.581. The predicted octanol–water partition coefficient (Wildman–Crippen LogP) is 3.04. The van der Waals surface area contributed by atoms with Gasteiger partial charge in [0.05, 0.1) is 6.54 Å². The molecular formula is C17H30N2O. The quantitative estimate of drug-likeness (QED) is 0.775. The Bertz CT molecular complexity index is 321. The minimum absolute atomic E-state index is 0.420. The second kappa shape index (κ2) is 6.93. The zero-order valence-electron chi connectivity index (χ0n) is 12.9. The van der Waals surface area contributed by atoms with Crippen LogP contribution in [0, 0.1) is 5.92 Å². The first kappa shape index (κ1) is 14.4. The highest BCUT2D eigenvalue weighted by Crippen LogP contribution is 2.35. The van der Waals surface area contributed by atoms with Crippen molar-refractivity contribution in [1.29, 1.82) is 0 Å². The van der Waals surface area contributed by atoms with Crippen molar-refractivity contribution in [3.05, 3.63) is 0 Å². The van der Waals surface area contributed by atoms with E-state index in [2.05, 4.69) is 9.80 Å². The van der Waals surface area contributed by atoms with Crippen LogP contribution < -0.4 is 0 Å². The Morgan fingerprint density at radius 2 is 1.50 bits per heavy atom. The molecule has 2 heterocycles. The molecule has 1 aliphatic carbocycles. The Labute approximate surface area is 123 Å². The Balaban J connectivity index is 1.57. The molecule has 0 N–H and O–H groups in total. The molecule has 20 heavy (non-hydrogen) atoms. The third kappa shape index (κ3) is 3.36. The van der Waals surface area contributed by atoms with E-state index in [1.807, 2.05) is 0 Å². The Morgan fingerprint density at radius 1 is 0.800 bits per heavy atom. The molecule has 3 heteroatoms. The summed E-state index contributed by atoms with van der Waals surface area (Å²) in [5, 5.41) is 0. The van der Waals surface area contributed by atoms with E-state index >= 15 is 0 Å². The van der Waals surface area contributed by atoms with E-state index in [4.69, 9.17) is 0 Å². The molecule has 1 saturated carbocycles. The molecule has 2 saturated heterocycles. The second-order valence-corrected chi connectivity index (χ2v) is 7.03. The first-order valence-corrected chi connectivity index (χ1v) is 8.86. The van der Waals surface area contributed by atoms with Crippen LogP contribution in [0.4, 0.5) is 0 Å². The number of carbonyl (C=O) groups excluding carboxylic acids is 1. The topological polar surface area (TPSA) is 23.6 Å². The van der Waals surface area contributed by atoms with Crippen molar-refractivity contribution in [2.45, 2.75) is 70.3 Å². The summed E-state index contributed by atoms with van der Waals surface area (Å²) in [5.74, 6) is 1.23. The summed E-state index contributed by atoms with van der Waals surface area (Å²) >= 11 is 0. The average Bonchev–Trinajstić information content (AvgIpc) is 2.75. The van der Waals surface area contributed by atoms with Crippen molar-refractivity contribution in [3.8, 4) is 0 Å². The van der Waals surface area contributed by atoms with Crippen molar-refractivity contribution in [3.63, 3.8) is 0 Å². The number of hydrogen-bond acceptors (Lipinski definition) is 2. The lowest BCUT2D eigenvalue weighted by Crippen LogP contribution is -2.52. The van der Waals surface area contributed by atoms with Crippen LogP contribution in [0.3, 0.4) is 0 Å². The van der Waals surface area contributed by atoms with Crippen molar-refractivity contribution in [1.82, 2.24) is 9.80 Å². The maximum atomic E-state index is 12.7. The molecule has 2 aliphatic heterocycles. The molecule has 0 spiro atoms. The van der Waals surface area contributed by atoms with Crippen molar-refractivity contribution >= 4 is 5.91 Å². The van der Waals surface area contributed by atoms with Crippen molar-refractivity contribution in [2.24, 2.45) is 5.92 Å². The molecule has 0 aromatic heterocycles. The molecule has 2 unspecified atom stereocenters. The van der Waals surface area contributed by atoms with Gasteiger partial charge in [0.1, 0.15) is 0 Å². The molecule has 3 aliphatic rings. The number of nitrogens with zero attached hydrogens (tertiary/aromatic N) is 2. The fourth-order valence-electron chi connectivity index (χ4n) is 4.51. The van der Waals surface area contributed by atoms with Gasteiger partial charge < -0.3 is 4.90 Å². The van der Waals surface area contributed by atoms with Crippen LogP contribution in [-0.2, 0) is 4.79 Å². The van der Waals surface area contributed by atoms with Gasteiger partial charge in [0.15, 0.2) is 0 Å². The lowest BCUT2D eigenvalue weighted by atomic mass is 9.78. The molecule has 1 amide bonds. The molecule has 0 bridgehead atoms. The molecule has 0 aromatic rings. The third-order valence-corrected chi connectivity index (χ3v) is 5.62. The van der Waals surface area contributed by atoms with Gasteiger partial charge in [-0.25, -0.2) is 0 Å². The number of hydrogen-bond donors (Lipinski definition) is 0. The molecule has 114 valence electrons. The maximum Gasteiger partial charge on any atom is 0.237 e. The normalized spacial score (nSPS) is 32.5. The van der Waals surface area contributed by atoms with Crippen LogP contribution in [0.25, 0.3) is 0 Å². The Hall–Kier alpha value is -0.570. The number of piperidine rings is 1. The van der Waals surface area contributed by atoms with Crippen molar-refractivity contribution < 1.29 is 4.79 Å². The first-order valence-electron chi connectivity index (χ1n) is 8.86. The predicted molar refractivity (Wildman–Crippen MR) is 81.6 cm³/mol. The summed E-state index contributed by atoms with van der Waals surface area (Å²) in [6.45, 7) is 3.97. The zero-order chi connectivity index (χ0) is 13.8. The molecular weight excluding hydrogens is 248 g/mol. The lowest BCUT2D eigenvalue weighted by Gasteiger charge is -2.44. The van der Waals surface area contributed by atoms with Crippen LogP contribution in [0.5, 0.6) is 0 Å². The summed E-state index contributed by atoms with van der Waals surface area (Å²) in [5.41, 5.74) is 0. The van der Waals surface area contributed by atoms with E-state index in [0.717, 1.165) is 25.6 Å². The molecule has 3 nitrogen and oxygen atoms in total. The minimum atomic E-state index is 0.420. The zero-order valence-corrected chi connectivity index (χ0v) is 12.9. The fourth-order valence-corrected chi connectivity index (χ4v) is 4.51. The summed E-state index contributed by atoms with van der Waals surface area (Å²) in [6.07, 6.45) is 13.2. The van der Waals surface area contributed by atoms with E-state index in [9.17, 15) is 4.79 Å². The van der Waals surface area contributed by atoms with E-state index in [0.29, 0.717) is 18.5 Å². The summed E-state index contributed by atoms with van der Waals surface area (Å²) < 4.78 is 0. The van der Waals surface area contributed by atoms with Gasteiger partial charge in [-0.2, -0.15) is 0 Å². The minimum Gasteiger partial charge on any atom is -0.338 e. The molecule has 2 atom stereocenters. The van der Waals surface area contributed by atoms with E-state index in [1.165, 1.54) is 64.2 Å². The van der Waals surface area contributed by atoms with Gasteiger partial charge in [0, 0.05) is 12.6 Å². The van der Waals surface area contributed by atoms with Gasteiger partial charge >= 0.3 is 0 Å². The molecule has 3 rings (SSSR count). The van der Waals surface area contributed by atoms with Gasteiger partial charge in [-0.15, -0.1) is 0 Å². The fraction of sp³-hybridized carbons (Fsp3) is 0.941. The van der Waals surface area contributed by atoms with Gasteiger partial charge in [-0.05, 0) is 57.5 Å². The number of rotatable bonds is 2. The van der Waals surface area contributed by atoms with E-state index in [-0.39, 0.29) is 0 Å². The standard InChI is InChI=1S/C17H30N2O/c20-17(14-18-11-5-1-2-6-12-18)19-13-7-9-15-8-3-4-10-16(15)19/h15-16H,1-14H2. The number of amides is 1. The van der Waals surface area contributed by atoms with Crippen LogP contribution in [0.2, 0.25) is 0 Å². The second-order valence-electron chi connectivity index (χ2n) is 7.03. The van der Waals surface area contributed by atoms with Crippen LogP contribution in [-0.4, -0.2) is 47.9 Å². The monoisotopic (exact) mass is 278 g/mol. The first-order chi connectivity index (χ1) is 9.84. The van der Waals surface area contributed by atoms with Crippen LogP contribution >= 0.6 is 0 Å². The molecule has 0 radical (unpaired) electrons. The Kier molecular flexibility index (Phi) is 4.98. The van der Waals surface area contributed by atoms with E-state index < -0.39 is 0 Å². The molecule has 0 aromatic carbocycles. The van der Waals surface area contributed by atoms with Gasteiger partial charge in [0.2, 0.25) is 5.91 Å².